The van der Waals surface area contributed by atoms with E-state index in [-0.39, 0.29) is 30.0 Å². The van der Waals surface area contributed by atoms with Crippen LogP contribution < -0.4 is 10.6 Å². The van der Waals surface area contributed by atoms with E-state index in [0.717, 1.165) is 0 Å². The third-order valence-electron chi connectivity index (χ3n) is 6.01. The van der Waals surface area contributed by atoms with Crippen molar-refractivity contribution in [1.82, 2.24) is 15.2 Å². The Hall–Kier alpha value is -3.42. The molecule has 2 saturated heterocycles. The van der Waals surface area contributed by atoms with Gasteiger partial charge in [0, 0.05) is 25.5 Å². The minimum Gasteiger partial charge on any atom is -0.475 e. The molecule has 0 bridgehead atoms. The highest BCUT2D eigenvalue weighted by molar-refractivity contribution is 6.35. The molecule has 0 radical (unpaired) electrons. The molecule has 0 aliphatic carbocycles. The van der Waals surface area contributed by atoms with E-state index in [1.165, 1.54) is 17.2 Å². The molecule has 3 heterocycles. The molecule has 1 atom stereocenters. The first-order valence-corrected chi connectivity index (χ1v) is 12.3. The van der Waals surface area contributed by atoms with E-state index < -0.39 is 23.6 Å². The number of alkyl halides is 3. The van der Waals surface area contributed by atoms with E-state index in [2.05, 4.69) is 15.6 Å². The highest BCUT2D eigenvalue weighted by Crippen LogP contribution is 2.38. The van der Waals surface area contributed by atoms with Crippen LogP contribution in [0.25, 0.3) is 0 Å². The van der Waals surface area contributed by atoms with Crippen LogP contribution in [0.4, 0.5) is 18.9 Å². The molecule has 2 aliphatic rings. The average molecular weight is 590 g/mol. The van der Waals surface area contributed by atoms with Crippen molar-refractivity contribution in [3.8, 4) is 0 Å². The smallest absolute Gasteiger partial charge is 0.475 e. The largest absolute Gasteiger partial charge is 0.490 e. The number of carbonyl (C=O) groups is 3. The predicted octanol–water partition coefficient (Wildman–Crippen LogP) is 4.42. The van der Waals surface area contributed by atoms with E-state index in [9.17, 15) is 22.8 Å². The van der Waals surface area contributed by atoms with Crippen molar-refractivity contribution in [2.45, 2.75) is 43.9 Å². The number of amides is 2. The molecule has 2 amide bonds. The number of benzene rings is 1. The van der Waals surface area contributed by atoms with Gasteiger partial charge in [-0.3, -0.25) is 19.9 Å². The number of guanidine groups is 1. The SMILES string of the molecule is C[C@@]1(c2cccc(NC(=O)c3ccc(Cl)cn3)c2Cl)CC(=O)N(C2CCOCC2)C(=N)N1.O=C(O)C(F)(F)F. The summed E-state index contributed by atoms with van der Waals surface area (Å²) in [6.07, 6.45) is -2.16. The van der Waals surface area contributed by atoms with Gasteiger partial charge in [-0.2, -0.15) is 13.2 Å². The summed E-state index contributed by atoms with van der Waals surface area (Å²) in [4.78, 5) is 40.1. The van der Waals surface area contributed by atoms with Gasteiger partial charge in [0.1, 0.15) is 5.69 Å². The van der Waals surface area contributed by atoms with E-state index >= 15 is 0 Å². The minimum atomic E-state index is -5.08. The Morgan fingerprint density at radius 1 is 1.23 bits per heavy atom. The lowest BCUT2D eigenvalue weighted by Gasteiger charge is -2.45. The molecular weight excluding hydrogens is 566 g/mol. The lowest BCUT2D eigenvalue weighted by atomic mass is 9.85. The molecule has 4 rings (SSSR count). The van der Waals surface area contributed by atoms with E-state index in [1.54, 1.807) is 24.3 Å². The number of pyridine rings is 1. The van der Waals surface area contributed by atoms with Crippen LogP contribution in [-0.4, -0.2) is 64.2 Å². The second kappa shape index (κ2) is 12.2. The Balaban J connectivity index is 0.000000532. The Labute approximate surface area is 230 Å². The van der Waals surface area contributed by atoms with Gasteiger partial charge in [-0.1, -0.05) is 35.3 Å². The van der Waals surface area contributed by atoms with Gasteiger partial charge in [-0.25, -0.2) is 9.78 Å². The monoisotopic (exact) mass is 589 g/mol. The molecule has 10 nitrogen and oxygen atoms in total. The van der Waals surface area contributed by atoms with Gasteiger partial charge in [0.25, 0.3) is 5.91 Å². The molecule has 4 N–H and O–H groups in total. The maximum atomic E-state index is 13.1. The summed E-state index contributed by atoms with van der Waals surface area (Å²) in [5.41, 5.74) is 0.305. The van der Waals surface area contributed by atoms with Crippen LogP contribution in [0.3, 0.4) is 0 Å². The fourth-order valence-corrected chi connectivity index (χ4v) is 4.61. The summed E-state index contributed by atoms with van der Waals surface area (Å²) < 4.78 is 37.1. The van der Waals surface area contributed by atoms with Crippen LogP contribution in [0.1, 0.15) is 42.2 Å². The molecule has 1 aromatic carbocycles. The van der Waals surface area contributed by atoms with Crippen molar-refractivity contribution in [1.29, 1.82) is 5.41 Å². The zero-order chi connectivity index (χ0) is 29.0. The topological polar surface area (TPSA) is 145 Å². The summed E-state index contributed by atoms with van der Waals surface area (Å²) in [5.74, 6) is -3.28. The van der Waals surface area contributed by atoms with Gasteiger partial charge in [-0.15, -0.1) is 0 Å². The second-order valence-electron chi connectivity index (χ2n) is 8.88. The van der Waals surface area contributed by atoms with Gasteiger partial charge in [0.15, 0.2) is 5.96 Å². The molecule has 2 aliphatic heterocycles. The number of halogens is 5. The lowest BCUT2D eigenvalue weighted by molar-refractivity contribution is -0.192. The van der Waals surface area contributed by atoms with Gasteiger partial charge in [-0.05, 0) is 43.5 Å². The molecule has 15 heteroatoms. The standard InChI is InChI=1S/C22H23Cl2N5O3.C2HF3O2/c1-22(11-18(30)29(21(25)28-22)14-7-9-32-10-8-14)15-3-2-4-16(19(15)24)27-20(31)17-6-5-13(23)12-26-17;3-2(4,5)1(6)7/h2-6,12,14H,7-11H2,1H3,(H2,25,28)(H,27,31);(H,6,7)/t22-;/m0./s1. The normalized spacial score (nSPS) is 20.0. The third-order valence-corrected chi connectivity index (χ3v) is 6.64. The van der Waals surface area contributed by atoms with Crippen molar-refractivity contribution in [2.24, 2.45) is 0 Å². The van der Waals surface area contributed by atoms with Crippen LogP contribution in [0, 0.1) is 5.41 Å². The summed E-state index contributed by atoms with van der Waals surface area (Å²) in [6, 6.07) is 8.26. The number of nitrogens with zero attached hydrogens (tertiary/aromatic N) is 2. The molecule has 39 heavy (non-hydrogen) atoms. The first-order chi connectivity index (χ1) is 18.2. The summed E-state index contributed by atoms with van der Waals surface area (Å²) in [6.45, 7) is 2.98. The zero-order valence-electron chi connectivity index (χ0n) is 20.4. The zero-order valence-corrected chi connectivity index (χ0v) is 22.0. The summed E-state index contributed by atoms with van der Waals surface area (Å²) >= 11 is 12.5. The van der Waals surface area contributed by atoms with Crippen molar-refractivity contribution < 1.29 is 37.4 Å². The van der Waals surface area contributed by atoms with E-state index in [4.69, 9.17) is 43.2 Å². The fraction of sp³-hybridized carbons (Fsp3) is 0.375. The van der Waals surface area contributed by atoms with Crippen molar-refractivity contribution in [2.75, 3.05) is 18.5 Å². The average Bonchev–Trinajstić information content (AvgIpc) is 2.85. The number of aliphatic carboxylic acids is 1. The number of nitrogens with one attached hydrogen (secondary N) is 3. The van der Waals surface area contributed by atoms with Gasteiger partial charge < -0.3 is 20.5 Å². The molecule has 2 aromatic rings. The highest BCUT2D eigenvalue weighted by Gasteiger charge is 2.43. The van der Waals surface area contributed by atoms with Gasteiger partial charge in [0.2, 0.25) is 5.91 Å². The molecular formula is C24H24Cl2F3N5O5. The van der Waals surface area contributed by atoms with Crippen LogP contribution >= 0.6 is 23.2 Å². The van der Waals surface area contributed by atoms with Crippen LogP contribution in [0.15, 0.2) is 36.5 Å². The van der Waals surface area contributed by atoms with Gasteiger partial charge >= 0.3 is 12.1 Å². The first kappa shape index (κ1) is 30.1. The third kappa shape index (κ3) is 7.37. The number of rotatable bonds is 4. The number of hydrogen-bond acceptors (Lipinski definition) is 6. The Morgan fingerprint density at radius 2 is 1.87 bits per heavy atom. The number of anilines is 1. The number of carboxylic acids is 1. The quantitative estimate of drug-likeness (QED) is 0.413. The minimum absolute atomic E-state index is 0.0474. The van der Waals surface area contributed by atoms with Crippen molar-refractivity contribution >= 4 is 52.6 Å². The highest BCUT2D eigenvalue weighted by atomic mass is 35.5. The van der Waals surface area contributed by atoms with E-state index in [1.807, 2.05) is 6.92 Å². The van der Waals surface area contributed by atoms with Crippen LogP contribution in [-0.2, 0) is 19.9 Å². The van der Waals surface area contributed by atoms with Gasteiger partial charge in [0.05, 0.1) is 27.7 Å². The molecule has 1 aromatic heterocycles. The maximum Gasteiger partial charge on any atom is 0.490 e. The number of ether oxygens (including phenoxy) is 1. The Kier molecular flexibility index (Phi) is 9.41. The predicted molar refractivity (Wildman–Crippen MR) is 136 cm³/mol. The Bertz CT molecular complexity index is 1240. The molecule has 210 valence electrons. The first-order valence-electron chi connectivity index (χ1n) is 11.5. The maximum absolute atomic E-state index is 13.1. The molecule has 2 fully saturated rings. The van der Waals surface area contributed by atoms with Crippen molar-refractivity contribution in [3.05, 3.63) is 57.8 Å². The number of hydrogen-bond donors (Lipinski definition) is 4. The Morgan fingerprint density at radius 3 is 2.41 bits per heavy atom. The van der Waals surface area contributed by atoms with Crippen LogP contribution in [0.5, 0.6) is 0 Å². The summed E-state index contributed by atoms with van der Waals surface area (Å²) in [5, 5.41) is 22.3. The number of carbonyl (C=O) groups excluding carboxylic acids is 2. The lowest BCUT2D eigenvalue weighted by Crippen LogP contribution is -2.62. The van der Waals surface area contributed by atoms with Crippen LogP contribution in [0.2, 0.25) is 10.0 Å². The number of aromatic nitrogens is 1. The molecule has 0 saturated carbocycles. The second-order valence-corrected chi connectivity index (χ2v) is 9.69. The molecule has 0 unspecified atom stereocenters. The molecule has 0 spiro atoms. The fourth-order valence-electron chi connectivity index (χ4n) is 4.12. The number of carboxylic acid groups (broad SMARTS) is 1. The van der Waals surface area contributed by atoms with E-state index in [0.29, 0.717) is 47.4 Å². The van der Waals surface area contributed by atoms with Crippen molar-refractivity contribution in [3.63, 3.8) is 0 Å². The summed E-state index contributed by atoms with van der Waals surface area (Å²) in [7, 11) is 0.